The molecule has 0 saturated heterocycles. The Morgan fingerprint density at radius 3 is 1.32 bits per heavy atom. The summed E-state index contributed by atoms with van der Waals surface area (Å²) in [6.45, 7) is 14.2. The third-order valence-corrected chi connectivity index (χ3v) is 10.5. The van der Waals surface area contributed by atoms with Crippen molar-refractivity contribution in [1.82, 2.24) is 0 Å². The standard InChI is InChI=1S/C32H40O6S2.C4H10/c1-5-9-11-19(7-3)17-37-27-23-13-22-16-26(32(35)36)40-30(22)28(38-18-20(8-4)12-10-6-2)24(23)14-21-15-25(31(33)34)39-29(21)27;1-3-4-2/h13-16,19-20H,5-12,17-18H2,1-4H3,(H,33,34)(H,35,36);3-4H2,1-2H3. The number of fused-ring (bicyclic) bond motifs is 3. The van der Waals surface area contributed by atoms with E-state index in [1.54, 1.807) is 12.1 Å². The Balaban J connectivity index is 0.00000124. The van der Waals surface area contributed by atoms with Crippen molar-refractivity contribution in [2.75, 3.05) is 13.2 Å². The molecule has 0 aliphatic carbocycles. The predicted molar refractivity (Wildman–Crippen MR) is 187 cm³/mol. The second-order valence-corrected chi connectivity index (χ2v) is 13.7. The molecule has 8 heteroatoms. The Hall–Kier alpha value is -2.84. The third-order valence-electron chi connectivity index (χ3n) is 8.25. The van der Waals surface area contributed by atoms with E-state index in [2.05, 4.69) is 41.5 Å². The average molecular weight is 643 g/mol. The van der Waals surface area contributed by atoms with Gasteiger partial charge < -0.3 is 19.7 Å². The van der Waals surface area contributed by atoms with E-state index in [1.165, 1.54) is 35.5 Å². The highest BCUT2D eigenvalue weighted by Crippen LogP contribution is 2.48. The molecule has 0 saturated carbocycles. The number of carbonyl (C=O) groups is 2. The van der Waals surface area contributed by atoms with Gasteiger partial charge in [0.2, 0.25) is 0 Å². The summed E-state index contributed by atoms with van der Waals surface area (Å²) in [4.78, 5) is 24.3. The smallest absolute Gasteiger partial charge is 0.345 e. The fourth-order valence-corrected chi connectivity index (χ4v) is 7.14. The molecule has 2 aromatic carbocycles. The average Bonchev–Trinajstić information content (AvgIpc) is 3.65. The minimum Gasteiger partial charge on any atom is -0.491 e. The number of rotatable bonds is 17. The van der Waals surface area contributed by atoms with Crippen LogP contribution in [0.5, 0.6) is 11.5 Å². The topological polar surface area (TPSA) is 93.1 Å². The minimum absolute atomic E-state index is 0.260. The lowest BCUT2D eigenvalue weighted by atomic mass is 10.00. The number of ether oxygens (including phenoxy) is 2. The van der Waals surface area contributed by atoms with Crippen LogP contribution in [-0.4, -0.2) is 35.4 Å². The molecule has 242 valence electrons. The molecule has 6 nitrogen and oxygen atoms in total. The fraction of sp³-hybridized carbons (Fsp3) is 0.556. The highest BCUT2D eigenvalue weighted by molar-refractivity contribution is 7.21. The zero-order valence-corrected chi connectivity index (χ0v) is 28.9. The molecule has 4 aromatic rings. The summed E-state index contributed by atoms with van der Waals surface area (Å²) >= 11 is 2.44. The van der Waals surface area contributed by atoms with Crippen LogP contribution in [0.4, 0.5) is 0 Å². The monoisotopic (exact) mass is 642 g/mol. The second kappa shape index (κ2) is 17.6. The Morgan fingerprint density at radius 1 is 0.636 bits per heavy atom. The third kappa shape index (κ3) is 8.87. The maximum atomic E-state index is 11.9. The van der Waals surface area contributed by atoms with Gasteiger partial charge in [-0.15, -0.1) is 22.7 Å². The van der Waals surface area contributed by atoms with E-state index in [9.17, 15) is 19.8 Å². The van der Waals surface area contributed by atoms with Crippen molar-refractivity contribution in [3.63, 3.8) is 0 Å². The van der Waals surface area contributed by atoms with Crippen LogP contribution in [-0.2, 0) is 0 Å². The zero-order valence-electron chi connectivity index (χ0n) is 27.3. The molecule has 2 heterocycles. The molecule has 0 aliphatic heterocycles. The summed E-state index contributed by atoms with van der Waals surface area (Å²) in [7, 11) is 0. The molecule has 44 heavy (non-hydrogen) atoms. The van der Waals surface area contributed by atoms with Crippen molar-refractivity contribution in [2.45, 2.75) is 106 Å². The molecule has 2 atom stereocenters. The number of benzene rings is 2. The van der Waals surface area contributed by atoms with E-state index < -0.39 is 11.9 Å². The summed E-state index contributed by atoms with van der Waals surface area (Å²) in [5.74, 6) is 0.187. The second-order valence-electron chi connectivity index (χ2n) is 11.6. The van der Waals surface area contributed by atoms with E-state index in [4.69, 9.17) is 9.47 Å². The van der Waals surface area contributed by atoms with E-state index in [0.717, 1.165) is 82.3 Å². The molecule has 2 unspecified atom stereocenters. The van der Waals surface area contributed by atoms with Gasteiger partial charge in [-0.2, -0.15) is 0 Å². The molecular formula is C36H50O6S2. The van der Waals surface area contributed by atoms with Gasteiger partial charge in [0.05, 0.1) is 22.6 Å². The van der Waals surface area contributed by atoms with Crippen molar-refractivity contribution in [1.29, 1.82) is 0 Å². The first-order valence-corrected chi connectivity index (χ1v) is 18.0. The first-order valence-electron chi connectivity index (χ1n) is 16.4. The fourth-order valence-electron chi connectivity index (χ4n) is 5.16. The van der Waals surface area contributed by atoms with Gasteiger partial charge in [0.25, 0.3) is 0 Å². The Bertz CT molecular complexity index is 1400. The first-order chi connectivity index (χ1) is 21.2. The summed E-state index contributed by atoms with van der Waals surface area (Å²) in [6.07, 6.45) is 11.3. The van der Waals surface area contributed by atoms with Crippen LogP contribution in [0.2, 0.25) is 0 Å². The van der Waals surface area contributed by atoms with Gasteiger partial charge >= 0.3 is 11.9 Å². The molecule has 0 aliphatic rings. The van der Waals surface area contributed by atoms with Crippen LogP contribution in [0.25, 0.3) is 30.9 Å². The molecule has 0 fully saturated rings. The highest BCUT2D eigenvalue weighted by Gasteiger charge is 2.23. The van der Waals surface area contributed by atoms with E-state index in [1.807, 2.05) is 12.1 Å². The largest absolute Gasteiger partial charge is 0.491 e. The van der Waals surface area contributed by atoms with Crippen molar-refractivity contribution >= 4 is 65.6 Å². The van der Waals surface area contributed by atoms with E-state index >= 15 is 0 Å². The molecule has 0 radical (unpaired) electrons. The lowest BCUT2D eigenvalue weighted by Crippen LogP contribution is -2.12. The molecule has 4 rings (SSSR count). The predicted octanol–water partition coefficient (Wildman–Crippen LogP) is 11.7. The summed E-state index contributed by atoms with van der Waals surface area (Å²) < 4.78 is 14.8. The van der Waals surface area contributed by atoms with Gasteiger partial charge in [-0.3, -0.25) is 0 Å². The van der Waals surface area contributed by atoms with Gasteiger partial charge in [-0.05, 0) is 59.7 Å². The van der Waals surface area contributed by atoms with Crippen LogP contribution in [0.15, 0.2) is 24.3 Å². The van der Waals surface area contributed by atoms with Crippen LogP contribution < -0.4 is 9.47 Å². The number of unbranched alkanes of at least 4 members (excludes halogenated alkanes) is 3. The van der Waals surface area contributed by atoms with Crippen molar-refractivity contribution in [3.05, 3.63) is 34.0 Å². The Kier molecular flexibility index (Phi) is 14.3. The van der Waals surface area contributed by atoms with Crippen molar-refractivity contribution in [3.8, 4) is 11.5 Å². The number of aromatic carboxylic acids is 2. The molecular weight excluding hydrogens is 593 g/mol. The lowest BCUT2D eigenvalue weighted by Gasteiger charge is -2.20. The normalized spacial score (nSPS) is 12.7. The van der Waals surface area contributed by atoms with Crippen LogP contribution in [0.1, 0.15) is 125 Å². The van der Waals surface area contributed by atoms with Crippen LogP contribution in [0, 0.1) is 11.8 Å². The van der Waals surface area contributed by atoms with Crippen molar-refractivity contribution in [2.24, 2.45) is 11.8 Å². The maximum absolute atomic E-state index is 11.9. The quantitative estimate of drug-likeness (QED) is 0.119. The van der Waals surface area contributed by atoms with Crippen LogP contribution >= 0.6 is 22.7 Å². The number of hydrogen-bond acceptors (Lipinski definition) is 6. The van der Waals surface area contributed by atoms with Crippen molar-refractivity contribution < 1.29 is 29.3 Å². The summed E-state index contributed by atoms with van der Waals surface area (Å²) in [5, 5.41) is 22.8. The first kappa shape index (κ1) is 35.6. The van der Waals surface area contributed by atoms with Gasteiger partial charge in [0, 0.05) is 10.8 Å². The molecule has 0 bridgehead atoms. The van der Waals surface area contributed by atoms with Gasteiger partial charge in [0.1, 0.15) is 21.3 Å². The summed E-state index contributed by atoms with van der Waals surface area (Å²) in [6, 6.07) is 7.36. The molecule has 0 spiro atoms. The van der Waals surface area contributed by atoms with Crippen LogP contribution in [0.3, 0.4) is 0 Å². The Morgan fingerprint density at radius 2 is 1.02 bits per heavy atom. The minimum atomic E-state index is -0.962. The number of carboxylic acids is 2. The molecule has 2 aromatic heterocycles. The zero-order chi connectivity index (χ0) is 32.2. The lowest BCUT2D eigenvalue weighted by molar-refractivity contribution is 0.0691. The number of thiophene rings is 2. The van der Waals surface area contributed by atoms with E-state index in [0.29, 0.717) is 36.5 Å². The Labute approximate surface area is 270 Å². The number of hydrogen-bond donors (Lipinski definition) is 2. The van der Waals surface area contributed by atoms with Gasteiger partial charge in [0.15, 0.2) is 0 Å². The van der Waals surface area contributed by atoms with E-state index in [-0.39, 0.29) is 9.75 Å². The maximum Gasteiger partial charge on any atom is 0.345 e. The highest BCUT2D eigenvalue weighted by atomic mass is 32.1. The molecule has 0 amide bonds. The van der Waals surface area contributed by atoms with Gasteiger partial charge in [-0.25, -0.2) is 9.59 Å². The SMILES string of the molecule is CCCC.CCCCC(CC)COc1c2cc3cc(C(=O)O)sc3c(OCC(CC)CCCC)c2cc2cc(C(=O)O)sc12. The number of carboxylic acid groups (broad SMARTS) is 2. The molecule has 2 N–H and O–H groups in total. The van der Waals surface area contributed by atoms with Gasteiger partial charge in [-0.1, -0.05) is 92.9 Å². The summed E-state index contributed by atoms with van der Waals surface area (Å²) in [5.41, 5.74) is 0.